The first-order valence-electron chi connectivity index (χ1n) is 6.26. The molecule has 0 aromatic rings. The molecule has 0 radical (unpaired) electrons. The zero-order chi connectivity index (χ0) is 15.6. The molecule has 0 bridgehead atoms. The van der Waals surface area contributed by atoms with Gasteiger partial charge in [0.05, 0.1) is 31.5 Å². The van der Waals surface area contributed by atoms with Crippen LogP contribution in [0.5, 0.6) is 0 Å². The molecule has 0 saturated carbocycles. The van der Waals surface area contributed by atoms with Gasteiger partial charge in [0, 0.05) is 13.6 Å². The predicted molar refractivity (Wildman–Crippen MR) is 71.7 cm³/mol. The highest BCUT2D eigenvalue weighted by molar-refractivity contribution is 7.87. The van der Waals surface area contributed by atoms with Crippen molar-refractivity contribution in [1.82, 2.24) is 8.61 Å². The zero-order valence-electron chi connectivity index (χ0n) is 12.2. The van der Waals surface area contributed by atoms with Crippen molar-refractivity contribution in [2.75, 3.05) is 33.4 Å². The molecule has 1 amide bonds. The fourth-order valence-electron chi connectivity index (χ4n) is 1.89. The van der Waals surface area contributed by atoms with E-state index in [2.05, 4.69) is 0 Å². The monoisotopic (exact) mass is 310 g/mol. The molecule has 1 aliphatic heterocycles. The number of amides is 1. The second-order valence-corrected chi connectivity index (χ2v) is 7.46. The quantitative estimate of drug-likeness (QED) is 0.805. The third-order valence-corrected chi connectivity index (χ3v) is 4.86. The summed E-state index contributed by atoms with van der Waals surface area (Å²) >= 11 is 0. The number of rotatable bonds is 4. The second-order valence-electron chi connectivity index (χ2n) is 5.57. The molecule has 118 valence electrons. The maximum Gasteiger partial charge on any atom is 0.422 e. The Hall–Kier alpha value is -0.900. The molecule has 0 aliphatic carbocycles. The first kappa shape index (κ1) is 17.2. The van der Waals surface area contributed by atoms with Crippen LogP contribution in [0.1, 0.15) is 20.8 Å². The Labute approximate surface area is 119 Å². The van der Waals surface area contributed by atoms with E-state index in [1.807, 2.05) is 0 Å². The van der Waals surface area contributed by atoms with Crippen molar-refractivity contribution in [3.05, 3.63) is 0 Å². The highest BCUT2D eigenvalue weighted by Gasteiger charge is 2.40. The van der Waals surface area contributed by atoms with E-state index in [9.17, 15) is 13.2 Å². The molecule has 0 aromatic heterocycles. The molecule has 1 N–H and O–H groups in total. The smallest absolute Gasteiger partial charge is 0.422 e. The van der Waals surface area contributed by atoms with Crippen LogP contribution in [0.3, 0.4) is 0 Å². The van der Waals surface area contributed by atoms with Crippen LogP contribution in [-0.4, -0.2) is 73.3 Å². The Morgan fingerprint density at radius 3 is 2.35 bits per heavy atom. The van der Waals surface area contributed by atoms with Crippen LogP contribution >= 0.6 is 0 Å². The maximum atomic E-state index is 12.4. The van der Waals surface area contributed by atoms with Gasteiger partial charge in [0.25, 0.3) is 0 Å². The molecule has 1 aliphatic rings. The minimum atomic E-state index is -4.13. The first-order valence-corrected chi connectivity index (χ1v) is 7.65. The van der Waals surface area contributed by atoms with Crippen molar-refractivity contribution in [2.45, 2.75) is 32.4 Å². The van der Waals surface area contributed by atoms with Crippen molar-refractivity contribution in [3.63, 3.8) is 0 Å². The molecule has 0 spiro atoms. The van der Waals surface area contributed by atoms with E-state index in [1.165, 1.54) is 27.8 Å². The van der Waals surface area contributed by atoms with E-state index in [0.29, 0.717) is 24.1 Å². The molecule has 1 saturated heterocycles. The van der Waals surface area contributed by atoms with Gasteiger partial charge in [-0.2, -0.15) is 17.0 Å². The summed E-state index contributed by atoms with van der Waals surface area (Å²) in [6, 6.07) is 0. The molecular weight excluding hydrogens is 288 g/mol. The SMILES string of the molecule is CN(CC1COCCO1)S(=O)(=O)N(C(=O)O)C(C)(C)C. The number of carboxylic acid groups (broad SMARTS) is 1. The number of carbonyl (C=O) groups is 1. The van der Waals surface area contributed by atoms with Crippen LogP contribution in [-0.2, 0) is 19.7 Å². The lowest BCUT2D eigenvalue weighted by Gasteiger charge is -2.36. The number of hydrogen-bond acceptors (Lipinski definition) is 5. The number of nitrogens with zero attached hydrogens (tertiary/aromatic N) is 2. The summed E-state index contributed by atoms with van der Waals surface area (Å²) in [5.74, 6) is 0. The standard InChI is InChI=1S/C11H22N2O6S/c1-11(2,3)13(10(14)15)20(16,17)12(4)7-9-8-18-5-6-19-9/h9H,5-8H2,1-4H3,(H,14,15). The molecule has 1 heterocycles. The summed E-state index contributed by atoms with van der Waals surface area (Å²) < 4.78 is 36.7. The molecule has 8 nitrogen and oxygen atoms in total. The molecule has 20 heavy (non-hydrogen) atoms. The topological polar surface area (TPSA) is 96.4 Å². The second kappa shape index (κ2) is 6.25. The van der Waals surface area contributed by atoms with Gasteiger partial charge in [-0.15, -0.1) is 0 Å². The molecule has 0 aromatic carbocycles. The average Bonchev–Trinajstić information content (AvgIpc) is 2.26. The van der Waals surface area contributed by atoms with Crippen LogP contribution in [0, 0.1) is 0 Å². The average molecular weight is 310 g/mol. The molecule has 1 atom stereocenters. The predicted octanol–water partition coefficient (Wildman–Crippen LogP) is 0.357. The summed E-state index contributed by atoms with van der Waals surface area (Å²) in [5, 5.41) is 9.16. The minimum Gasteiger partial charge on any atom is -0.464 e. The van der Waals surface area contributed by atoms with Gasteiger partial charge >= 0.3 is 16.3 Å². The fraction of sp³-hybridized carbons (Fsp3) is 0.909. The van der Waals surface area contributed by atoms with Crippen LogP contribution in [0.4, 0.5) is 4.79 Å². The molecule has 1 rings (SSSR count). The minimum absolute atomic E-state index is 0.0438. The van der Waals surface area contributed by atoms with Gasteiger partial charge in [-0.1, -0.05) is 0 Å². The van der Waals surface area contributed by atoms with Crippen molar-refractivity contribution in [2.24, 2.45) is 0 Å². The number of hydrogen-bond donors (Lipinski definition) is 1. The molecule has 1 unspecified atom stereocenters. The van der Waals surface area contributed by atoms with Gasteiger partial charge in [-0.05, 0) is 20.8 Å². The van der Waals surface area contributed by atoms with Gasteiger partial charge in [-0.3, -0.25) is 0 Å². The lowest BCUT2D eigenvalue weighted by Crippen LogP contribution is -2.55. The largest absolute Gasteiger partial charge is 0.464 e. The lowest BCUT2D eigenvalue weighted by molar-refractivity contribution is -0.0911. The maximum absolute atomic E-state index is 12.4. The summed E-state index contributed by atoms with van der Waals surface area (Å²) in [7, 11) is -2.80. The van der Waals surface area contributed by atoms with Gasteiger partial charge in [0.1, 0.15) is 0 Å². The summed E-state index contributed by atoms with van der Waals surface area (Å²) in [5.41, 5.74) is -1.07. The van der Waals surface area contributed by atoms with E-state index in [0.717, 1.165) is 4.31 Å². The summed E-state index contributed by atoms with van der Waals surface area (Å²) in [6.45, 7) is 5.79. The highest BCUT2D eigenvalue weighted by Crippen LogP contribution is 2.21. The third-order valence-electron chi connectivity index (χ3n) is 2.75. The Kier molecular flexibility index (Phi) is 5.36. The molecule has 9 heteroatoms. The van der Waals surface area contributed by atoms with Crippen molar-refractivity contribution in [3.8, 4) is 0 Å². The van der Waals surface area contributed by atoms with Crippen molar-refractivity contribution >= 4 is 16.3 Å². The molecular formula is C11H22N2O6S. The van der Waals surface area contributed by atoms with Crippen LogP contribution < -0.4 is 0 Å². The van der Waals surface area contributed by atoms with Gasteiger partial charge < -0.3 is 14.6 Å². The van der Waals surface area contributed by atoms with Gasteiger partial charge in [0.15, 0.2) is 0 Å². The van der Waals surface area contributed by atoms with Crippen LogP contribution in [0.2, 0.25) is 0 Å². The van der Waals surface area contributed by atoms with Crippen LogP contribution in [0.25, 0.3) is 0 Å². The lowest BCUT2D eigenvalue weighted by atomic mass is 10.1. The van der Waals surface area contributed by atoms with Gasteiger partial charge in [0.2, 0.25) is 0 Å². The fourth-order valence-corrected chi connectivity index (χ4v) is 3.42. The van der Waals surface area contributed by atoms with E-state index in [1.54, 1.807) is 0 Å². The third kappa shape index (κ3) is 4.05. The van der Waals surface area contributed by atoms with Crippen LogP contribution in [0.15, 0.2) is 0 Å². The van der Waals surface area contributed by atoms with Gasteiger partial charge in [-0.25, -0.2) is 4.79 Å². The molecule has 1 fully saturated rings. The Morgan fingerprint density at radius 1 is 1.35 bits per heavy atom. The summed E-state index contributed by atoms with van der Waals surface area (Å²) in [6.07, 6.45) is -1.90. The first-order chi connectivity index (χ1) is 9.06. The number of likely N-dealkylation sites (N-methyl/N-ethyl adjacent to an activating group) is 1. The number of ether oxygens (including phenoxy) is 2. The Balaban J connectivity index is 2.86. The van der Waals surface area contributed by atoms with E-state index in [4.69, 9.17) is 14.6 Å². The highest BCUT2D eigenvalue weighted by atomic mass is 32.2. The van der Waals surface area contributed by atoms with Crippen molar-refractivity contribution in [1.29, 1.82) is 0 Å². The van der Waals surface area contributed by atoms with E-state index >= 15 is 0 Å². The summed E-state index contributed by atoms with van der Waals surface area (Å²) in [4.78, 5) is 11.3. The van der Waals surface area contributed by atoms with E-state index < -0.39 is 21.8 Å². The Bertz CT molecular complexity index is 438. The Morgan fingerprint density at radius 2 is 1.95 bits per heavy atom. The van der Waals surface area contributed by atoms with E-state index in [-0.39, 0.29) is 12.6 Å². The van der Waals surface area contributed by atoms with Crippen molar-refractivity contribution < 1.29 is 27.8 Å². The normalized spacial score (nSPS) is 20.9. The zero-order valence-corrected chi connectivity index (χ0v) is 13.0.